The third-order valence-corrected chi connectivity index (χ3v) is 3.38. The van der Waals surface area contributed by atoms with Gasteiger partial charge in [0.1, 0.15) is 0 Å². The highest BCUT2D eigenvalue weighted by Gasteiger charge is 2.11. The number of aryl methyl sites for hydroxylation is 1. The van der Waals surface area contributed by atoms with Gasteiger partial charge < -0.3 is 0 Å². The zero-order valence-corrected chi connectivity index (χ0v) is 11.7. The third-order valence-electron chi connectivity index (χ3n) is 3.16. The molecule has 0 unspecified atom stereocenters. The van der Waals surface area contributed by atoms with Crippen molar-refractivity contribution >= 4 is 28.3 Å². The average Bonchev–Trinajstić information content (AvgIpc) is 2.45. The second-order valence-electron chi connectivity index (χ2n) is 4.76. The molecule has 1 aromatic heterocycles. The second-order valence-corrected chi connectivity index (χ2v) is 5.20. The van der Waals surface area contributed by atoms with Gasteiger partial charge in [-0.15, -0.1) is 0 Å². The van der Waals surface area contributed by atoms with Crippen LogP contribution in [0.4, 0.5) is 0 Å². The van der Waals surface area contributed by atoms with Gasteiger partial charge in [-0.25, -0.2) is 0 Å². The van der Waals surface area contributed by atoms with Crippen LogP contribution in [0, 0.1) is 6.92 Å². The first-order chi connectivity index (χ1) is 9.63. The predicted octanol–water partition coefficient (Wildman–Crippen LogP) is 4.43. The molecular formula is C17H12ClNO. The van der Waals surface area contributed by atoms with E-state index in [1.165, 1.54) is 0 Å². The maximum absolute atomic E-state index is 12.5. The van der Waals surface area contributed by atoms with E-state index in [0.717, 1.165) is 16.5 Å². The molecule has 20 heavy (non-hydrogen) atoms. The highest BCUT2D eigenvalue weighted by Crippen LogP contribution is 2.19. The van der Waals surface area contributed by atoms with E-state index < -0.39 is 0 Å². The second kappa shape index (κ2) is 5.06. The highest BCUT2D eigenvalue weighted by atomic mass is 35.5. The summed E-state index contributed by atoms with van der Waals surface area (Å²) in [6.45, 7) is 1.92. The van der Waals surface area contributed by atoms with Crippen molar-refractivity contribution in [1.29, 1.82) is 0 Å². The molecule has 1 heterocycles. The molecule has 0 radical (unpaired) electrons. The summed E-state index contributed by atoms with van der Waals surface area (Å²) in [5.41, 5.74) is 3.01. The summed E-state index contributed by atoms with van der Waals surface area (Å²) >= 11 is 6.01. The van der Waals surface area contributed by atoms with Crippen LogP contribution in [0.1, 0.15) is 21.5 Å². The van der Waals surface area contributed by atoms with Crippen molar-refractivity contribution in [3.63, 3.8) is 0 Å². The average molecular weight is 282 g/mol. The summed E-state index contributed by atoms with van der Waals surface area (Å²) in [5, 5.41) is 1.53. The summed E-state index contributed by atoms with van der Waals surface area (Å²) in [5.74, 6) is -0.0612. The molecule has 3 heteroatoms. The topological polar surface area (TPSA) is 30.0 Å². The van der Waals surface area contributed by atoms with Gasteiger partial charge >= 0.3 is 0 Å². The molecule has 3 aromatic rings. The van der Waals surface area contributed by atoms with Crippen molar-refractivity contribution in [1.82, 2.24) is 4.98 Å². The monoisotopic (exact) mass is 281 g/mol. The van der Waals surface area contributed by atoms with Crippen molar-refractivity contribution < 1.29 is 4.79 Å². The highest BCUT2D eigenvalue weighted by molar-refractivity contribution is 6.31. The molecule has 0 atom stereocenters. The summed E-state index contributed by atoms with van der Waals surface area (Å²) in [6, 6.07) is 14.9. The first-order valence-corrected chi connectivity index (χ1v) is 6.68. The lowest BCUT2D eigenvalue weighted by Crippen LogP contribution is -2.02. The summed E-state index contributed by atoms with van der Waals surface area (Å²) in [6.07, 6.45) is 1.61. The third kappa shape index (κ3) is 2.43. The first-order valence-electron chi connectivity index (χ1n) is 6.30. The normalized spacial score (nSPS) is 10.7. The van der Waals surface area contributed by atoms with Crippen LogP contribution in [0.3, 0.4) is 0 Å². The fraction of sp³-hybridized carbons (Fsp3) is 0.0588. The molecule has 3 rings (SSSR count). The van der Waals surface area contributed by atoms with Crippen molar-refractivity contribution in [2.75, 3.05) is 0 Å². The van der Waals surface area contributed by atoms with E-state index in [9.17, 15) is 4.79 Å². The van der Waals surface area contributed by atoms with Crippen molar-refractivity contribution in [2.45, 2.75) is 6.92 Å². The minimum atomic E-state index is -0.0612. The number of nitrogens with zero attached hydrogens (tertiary/aromatic N) is 1. The standard InChI is InChI=1S/C17H12ClNO/c1-11-6-13(9-15(18)7-11)17(20)14-8-12-4-2-3-5-16(12)19-10-14/h2-10H,1H3. The molecule has 2 nitrogen and oxygen atoms in total. The molecule has 98 valence electrons. The lowest BCUT2D eigenvalue weighted by atomic mass is 10.0. The van der Waals surface area contributed by atoms with Crippen LogP contribution in [0.25, 0.3) is 10.9 Å². The number of benzene rings is 2. The smallest absolute Gasteiger partial charge is 0.194 e. The van der Waals surface area contributed by atoms with Crippen LogP contribution in [0.15, 0.2) is 54.7 Å². The molecule has 0 aliphatic heterocycles. The number of halogens is 1. The maximum atomic E-state index is 12.5. The number of aromatic nitrogens is 1. The molecule has 0 bridgehead atoms. The van der Waals surface area contributed by atoms with E-state index >= 15 is 0 Å². The summed E-state index contributed by atoms with van der Waals surface area (Å²) in [7, 11) is 0. The van der Waals surface area contributed by atoms with Gasteiger partial charge in [0.05, 0.1) is 5.52 Å². The van der Waals surface area contributed by atoms with Gasteiger partial charge in [-0.1, -0.05) is 29.8 Å². The maximum Gasteiger partial charge on any atom is 0.194 e. The lowest BCUT2D eigenvalue weighted by molar-refractivity contribution is 0.103. The molecule has 0 N–H and O–H groups in total. The minimum Gasteiger partial charge on any atom is -0.289 e. The number of pyridine rings is 1. The van der Waals surface area contributed by atoms with E-state index in [-0.39, 0.29) is 5.78 Å². The number of para-hydroxylation sites is 1. The van der Waals surface area contributed by atoms with Crippen LogP contribution >= 0.6 is 11.6 Å². The van der Waals surface area contributed by atoms with Gasteiger partial charge in [-0.3, -0.25) is 9.78 Å². The molecule has 0 spiro atoms. The number of rotatable bonds is 2. The van der Waals surface area contributed by atoms with Gasteiger partial charge in [0, 0.05) is 27.7 Å². The largest absolute Gasteiger partial charge is 0.289 e. The summed E-state index contributed by atoms with van der Waals surface area (Å²) in [4.78, 5) is 16.8. The number of carbonyl (C=O) groups is 1. The van der Waals surface area contributed by atoms with E-state index in [4.69, 9.17) is 11.6 Å². The van der Waals surface area contributed by atoms with Gasteiger partial charge in [-0.05, 0) is 42.8 Å². The number of carbonyl (C=O) groups excluding carboxylic acids is 1. The minimum absolute atomic E-state index is 0.0612. The SMILES string of the molecule is Cc1cc(Cl)cc(C(=O)c2cnc3ccccc3c2)c1. The fourth-order valence-corrected chi connectivity index (χ4v) is 2.52. The van der Waals surface area contributed by atoms with Crippen molar-refractivity contribution in [2.24, 2.45) is 0 Å². The van der Waals surface area contributed by atoms with Gasteiger partial charge in [0.15, 0.2) is 5.78 Å². The van der Waals surface area contributed by atoms with Crippen LogP contribution in [0.2, 0.25) is 5.02 Å². The molecule has 0 saturated heterocycles. The Labute approximate surface area is 122 Å². The first kappa shape index (κ1) is 12.8. The van der Waals surface area contributed by atoms with E-state index in [1.807, 2.05) is 49.4 Å². The molecule has 0 amide bonds. The number of ketones is 1. The number of fused-ring (bicyclic) bond motifs is 1. The zero-order chi connectivity index (χ0) is 14.1. The Morgan fingerprint density at radius 3 is 2.65 bits per heavy atom. The molecular weight excluding hydrogens is 270 g/mol. The van der Waals surface area contributed by atoms with Crippen molar-refractivity contribution in [3.05, 3.63) is 76.4 Å². The van der Waals surface area contributed by atoms with E-state index in [1.54, 1.807) is 12.3 Å². The quantitative estimate of drug-likeness (QED) is 0.651. The van der Waals surface area contributed by atoms with Crippen LogP contribution in [0.5, 0.6) is 0 Å². The van der Waals surface area contributed by atoms with Crippen LogP contribution < -0.4 is 0 Å². The lowest BCUT2D eigenvalue weighted by Gasteiger charge is -2.05. The Kier molecular flexibility index (Phi) is 3.25. The zero-order valence-electron chi connectivity index (χ0n) is 10.9. The summed E-state index contributed by atoms with van der Waals surface area (Å²) < 4.78 is 0. The molecule has 2 aromatic carbocycles. The Hall–Kier alpha value is -2.19. The van der Waals surface area contributed by atoms with E-state index in [2.05, 4.69) is 4.98 Å². The predicted molar refractivity (Wildman–Crippen MR) is 81.4 cm³/mol. The Balaban J connectivity index is 2.07. The van der Waals surface area contributed by atoms with Gasteiger partial charge in [0.2, 0.25) is 0 Å². The molecule has 0 aliphatic carbocycles. The number of hydrogen-bond donors (Lipinski definition) is 0. The van der Waals surface area contributed by atoms with Crippen LogP contribution in [-0.2, 0) is 0 Å². The number of hydrogen-bond acceptors (Lipinski definition) is 2. The molecule has 0 fully saturated rings. The van der Waals surface area contributed by atoms with Crippen molar-refractivity contribution in [3.8, 4) is 0 Å². The van der Waals surface area contributed by atoms with E-state index in [0.29, 0.717) is 16.1 Å². The molecule has 0 saturated carbocycles. The molecule has 0 aliphatic rings. The van der Waals surface area contributed by atoms with Crippen LogP contribution in [-0.4, -0.2) is 10.8 Å². The Bertz CT molecular complexity index is 791. The van der Waals surface area contributed by atoms with Gasteiger partial charge in [-0.2, -0.15) is 0 Å². The Morgan fingerprint density at radius 2 is 1.85 bits per heavy atom. The Morgan fingerprint density at radius 1 is 1.05 bits per heavy atom. The fourth-order valence-electron chi connectivity index (χ4n) is 2.23. The van der Waals surface area contributed by atoms with Gasteiger partial charge in [0.25, 0.3) is 0 Å².